The lowest BCUT2D eigenvalue weighted by molar-refractivity contribution is -0.128. The summed E-state index contributed by atoms with van der Waals surface area (Å²) in [5.41, 5.74) is 0. The Kier molecular flexibility index (Phi) is 4.76. The first-order chi connectivity index (χ1) is 11.2. The fraction of sp³-hybridized carbons (Fsp3) is 0.438. The van der Waals surface area contributed by atoms with E-state index in [0.717, 1.165) is 17.8 Å². The largest absolute Gasteiger partial charge is 0.356 e. The molecule has 0 saturated carbocycles. The number of likely N-dealkylation sites (tertiary alicyclic amines) is 1. The van der Waals surface area contributed by atoms with E-state index in [-0.39, 0.29) is 30.2 Å². The summed E-state index contributed by atoms with van der Waals surface area (Å²) in [4.78, 5) is 27.3. The lowest BCUT2D eigenvalue weighted by atomic mass is 9.98. The summed E-state index contributed by atoms with van der Waals surface area (Å²) >= 11 is 1.59. The zero-order valence-electron chi connectivity index (χ0n) is 13.0. The van der Waals surface area contributed by atoms with Gasteiger partial charge in [0.25, 0.3) is 0 Å². The maximum absolute atomic E-state index is 12.5. The summed E-state index contributed by atoms with van der Waals surface area (Å²) in [6.07, 6.45) is 4.74. The highest BCUT2D eigenvalue weighted by Gasteiger charge is 2.42. The highest BCUT2D eigenvalue weighted by molar-refractivity contribution is 7.10. The molecule has 0 aromatic carbocycles. The van der Waals surface area contributed by atoms with E-state index < -0.39 is 0 Å². The first-order valence-corrected chi connectivity index (χ1v) is 8.59. The van der Waals surface area contributed by atoms with Crippen LogP contribution in [-0.2, 0) is 16.1 Å². The molecule has 0 bridgehead atoms. The standard InChI is InChI=1S/C16H20N4O2S/c1-19-14(21)11-12(15(19)13-5-2-10-23-13)16(22)17-6-3-8-20-9-4-7-18-20/h2,4-5,7,9-10,12,15H,3,6,8,11H2,1H3,(H,17,22). The van der Waals surface area contributed by atoms with Gasteiger partial charge >= 0.3 is 0 Å². The van der Waals surface area contributed by atoms with Crippen LogP contribution in [-0.4, -0.2) is 40.1 Å². The third-order valence-corrected chi connectivity index (χ3v) is 5.12. The average Bonchev–Trinajstić information content (AvgIpc) is 3.27. The third-order valence-electron chi connectivity index (χ3n) is 4.18. The van der Waals surface area contributed by atoms with E-state index in [1.165, 1.54) is 0 Å². The quantitative estimate of drug-likeness (QED) is 0.818. The lowest BCUT2D eigenvalue weighted by Crippen LogP contribution is -2.35. The number of carbonyl (C=O) groups is 2. The van der Waals surface area contributed by atoms with Gasteiger partial charge in [0.15, 0.2) is 0 Å². The number of nitrogens with zero attached hydrogens (tertiary/aromatic N) is 3. The number of hydrogen-bond donors (Lipinski definition) is 1. The molecule has 1 saturated heterocycles. The second-order valence-corrected chi connectivity index (χ2v) is 6.67. The molecule has 2 atom stereocenters. The van der Waals surface area contributed by atoms with E-state index >= 15 is 0 Å². The van der Waals surface area contributed by atoms with Gasteiger partial charge in [-0.15, -0.1) is 11.3 Å². The Balaban J connectivity index is 1.56. The van der Waals surface area contributed by atoms with Crippen LogP contribution in [0.4, 0.5) is 0 Å². The molecule has 122 valence electrons. The van der Waals surface area contributed by atoms with Crippen molar-refractivity contribution in [2.24, 2.45) is 5.92 Å². The van der Waals surface area contributed by atoms with E-state index in [0.29, 0.717) is 6.54 Å². The lowest BCUT2D eigenvalue weighted by Gasteiger charge is -2.23. The van der Waals surface area contributed by atoms with Gasteiger partial charge in [-0.1, -0.05) is 6.07 Å². The SMILES string of the molecule is CN1C(=O)CC(C(=O)NCCCn2cccn2)C1c1cccs1. The molecule has 6 nitrogen and oxygen atoms in total. The van der Waals surface area contributed by atoms with Gasteiger partial charge in [-0.05, 0) is 23.9 Å². The van der Waals surface area contributed by atoms with Crippen molar-refractivity contribution in [1.82, 2.24) is 20.0 Å². The minimum Gasteiger partial charge on any atom is -0.356 e. The smallest absolute Gasteiger partial charge is 0.226 e. The summed E-state index contributed by atoms with van der Waals surface area (Å²) in [6.45, 7) is 1.36. The highest BCUT2D eigenvalue weighted by Crippen LogP contribution is 2.38. The number of amides is 2. The van der Waals surface area contributed by atoms with Crippen LogP contribution in [0.3, 0.4) is 0 Å². The number of carbonyl (C=O) groups excluding carboxylic acids is 2. The predicted molar refractivity (Wildman–Crippen MR) is 87.8 cm³/mol. The van der Waals surface area contributed by atoms with Crippen LogP contribution < -0.4 is 5.32 Å². The fourth-order valence-electron chi connectivity index (χ4n) is 2.97. The van der Waals surface area contributed by atoms with E-state index in [9.17, 15) is 9.59 Å². The summed E-state index contributed by atoms with van der Waals surface area (Å²) in [5.74, 6) is -0.322. The van der Waals surface area contributed by atoms with Crippen molar-refractivity contribution in [2.45, 2.75) is 25.4 Å². The van der Waals surface area contributed by atoms with Crippen LogP contribution in [0.25, 0.3) is 0 Å². The van der Waals surface area contributed by atoms with E-state index in [1.54, 1.807) is 29.5 Å². The minimum atomic E-state index is -0.309. The highest BCUT2D eigenvalue weighted by atomic mass is 32.1. The second kappa shape index (κ2) is 6.95. The predicted octanol–water partition coefficient (Wildman–Crippen LogP) is 1.67. The molecular formula is C16H20N4O2S. The number of aryl methyl sites for hydroxylation is 1. The Bertz CT molecular complexity index is 654. The van der Waals surface area contributed by atoms with E-state index in [4.69, 9.17) is 0 Å². The monoisotopic (exact) mass is 332 g/mol. The molecule has 3 rings (SSSR count). The molecule has 0 aliphatic carbocycles. The van der Waals surface area contributed by atoms with Crippen LogP contribution in [0.5, 0.6) is 0 Å². The number of hydrogen-bond acceptors (Lipinski definition) is 4. The normalized spacial score (nSPS) is 20.9. The van der Waals surface area contributed by atoms with Crippen LogP contribution in [0.2, 0.25) is 0 Å². The van der Waals surface area contributed by atoms with Gasteiger partial charge in [0.2, 0.25) is 11.8 Å². The molecule has 23 heavy (non-hydrogen) atoms. The number of aromatic nitrogens is 2. The van der Waals surface area contributed by atoms with Gasteiger partial charge in [-0.2, -0.15) is 5.10 Å². The maximum Gasteiger partial charge on any atom is 0.226 e. The van der Waals surface area contributed by atoms with Crippen molar-refractivity contribution in [3.05, 3.63) is 40.8 Å². The number of thiophene rings is 1. The van der Waals surface area contributed by atoms with E-state index in [1.807, 2.05) is 34.5 Å². The fourth-order valence-corrected chi connectivity index (χ4v) is 3.90. The number of rotatable bonds is 6. The van der Waals surface area contributed by atoms with Crippen molar-refractivity contribution < 1.29 is 9.59 Å². The van der Waals surface area contributed by atoms with Gasteiger partial charge in [-0.3, -0.25) is 14.3 Å². The van der Waals surface area contributed by atoms with Crippen molar-refractivity contribution in [3.8, 4) is 0 Å². The van der Waals surface area contributed by atoms with Gasteiger partial charge in [0.05, 0.1) is 12.0 Å². The Labute approximate surface area is 139 Å². The van der Waals surface area contributed by atoms with Crippen LogP contribution in [0.1, 0.15) is 23.8 Å². The van der Waals surface area contributed by atoms with Crippen LogP contribution >= 0.6 is 11.3 Å². The molecule has 1 fully saturated rings. The molecule has 2 unspecified atom stereocenters. The zero-order chi connectivity index (χ0) is 16.2. The molecule has 2 aromatic rings. The van der Waals surface area contributed by atoms with Crippen molar-refractivity contribution >= 4 is 23.2 Å². The van der Waals surface area contributed by atoms with Crippen molar-refractivity contribution in [1.29, 1.82) is 0 Å². The molecule has 3 heterocycles. The minimum absolute atomic E-state index is 0.0279. The Morgan fingerprint density at radius 3 is 3.04 bits per heavy atom. The molecule has 0 spiro atoms. The van der Waals surface area contributed by atoms with Crippen LogP contribution in [0.15, 0.2) is 36.0 Å². The van der Waals surface area contributed by atoms with Gasteiger partial charge in [-0.25, -0.2) is 0 Å². The first-order valence-electron chi connectivity index (χ1n) is 7.71. The zero-order valence-corrected chi connectivity index (χ0v) is 13.8. The molecule has 1 aliphatic rings. The molecular weight excluding hydrogens is 312 g/mol. The van der Waals surface area contributed by atoms with E-state index in [2.05, 4.69) is 10.4 Å². The van der Waals surface area contributed by atoms with Gasteiger partial charge < -0.3 is 10.2 Å². The molecule has 7 heteroatoms. The van der Waals surface area contributed by atoms with Gasteiger partial charge in [0, 0.05) is 43.8 Å². The maximum atomic E-state index is 12.5. The number of nitrogens with one attached hydrogen (secondary N) is 1. The molecule has 2 aromatic heterocycles. The topological polar surface area (TPSA) is 67.2 Å². The third kappa shape index (κ3) is 3.44. The average molecular weight is 332 g/mol. The summed E-state index contributed by atoms with van der Waals surface area (Å²) in [5, 5.41) is 9.07. The summed E-state index contributed by atoms with van der Waals surface area (Å²) < 4.78 is 1.84. The molecule has 1 aliphatic heterocycles. The molecule has 2 amide bonds. The Morgan fingerprint density at radius 2 is 2.35 bits per heavy atom. The van der Waals surface area contributed by atoms with Crippen molar-refractivity contribution in [2.75, 3.05) is 13.6 Å². The molecule has 1 N–H and O–H groups in total. The summed E-state index contributed by atoms with van der Waals surface area (Å²) in [7, 11) is 1.78. The second-order valence-electron chi connectivity index (χ2n) is 5.69. The van der Waals surface area contributed by atoms with Crippen LogP contribution in [0, 0.1) is 5.92 Å². The Hall–Kier alpha value is -2.15. The summed E-state index contributed by atoms with van der Waals surface area (Å²) in [6, 6.07) is 5.68. The molecule has 0 radical (unpaired) electrons. The van der Waals surface area contributed by atoms with Gasteiger partial charge in [0.1, 0.15) is 0 Å². The van der Waals surface area contributed by atoms with Crippen molar-refractivity contribution in [3.63, 3.8) is 0 Å². The first kappa shape index (κ1) is 15.7. The Morgan fingerprint density at radius 1 is 1.48 bits per heavy atom.